The van der Waals surface area contributed by atoms with Crippen molar-refractivity contribution in [3.63, 3.8) is 0 Å². The van der Waals surface area contributed by atoms with Crippen molar-refractivity contribution in [2.45, 2.75) is 52.9 Å². The normalized spacial score (nSPS) is 21.0. The van der Waals surface area contributed by atoms with Gasteiger partial charge in [-0.1, -0.05) is 33.6 Å². The first-order chi connectivity index (χ1) is 6.03. The van der Waals surface area contributed by atoms with Gasteiger partial charge >= 0.3 is 0 Å². The molecule has 0 bridgehead atoms. The average molecular weight is 182 g/mol. The van der Waals surface area contributed by atoms with E-state index < -0.39 is 0 Å². The molecule has 0 aromatic carbocycles. The largest absolute Gasteiger partial charge is 0.323 e. The number of nitrogens with two attached hydrogens (primary N) is 1. The van der Waals surface area contributed by atoms with Crippen LogP contribution in [0.3, 0.4) is 0 Å². The third kappa shape index (κ3) is 3.37. The number of nitrogens with zero attached hydrogens (tertiary/aromatic N) is 1. The van der Waals surface area contributed by atoms with Gasteiger partial charge in [0.15, 0.2) is 0 Å². The van der Waals surface area contributed by atoms with E-state index in [-0.39, 0.29) is 0 Å². The molecule has 1 fully saturated rings. The minimum absolute atomic E-state index is 0.320. The lowest BCUT2D eigenvalue weighted by atomic mass is 9.84. The second-order valence-electron chi connectivity index (χ2n) is 5.34. The van der Waals surface area contributed by atoms with Crippen LogP contribution in [0.15, 0.2) is 5.10 Å². The van der Waals surface area contributed by atoms with E-state index in [1.54, 1.807) is 0 Å². The molecule has 0 radical (unpaired) electrons. The number of hydrogen-bond acceptors (Lipinski definition) is 2. The molecule has 0 saturated heterocycles. The van der Waals surface area contributed by atoms with Crippen molar-refractivity contribution in [1.29, 1.82) is 0 Å². The third-order valence-corrected chi connectivity index (χ3v) is 2.70. The molecule has 2 N–H and O–H groups in total. The van der Waals surface area contributed by atoms with Crippen LogP contribution < -0.4 is 5.84 Å². The van der Waals surface area contributed by atoms with Crippen LogP contribution in [0.1, 0.15) is 52.9 Å². The Bertz CT molecular complexity index is 183. The van der Waals surface area contributed by atoms with Gasteiger partial charge in [-0.3, -0.25) is 0 Å². The van der Waals surface area contributed by atoms with Crippen LogP contribution in [0.25, 0.3) is 0 Å². The highest BCUT2D eigenvalue weighted by molar-refractivity contribution is 5.87. The molecule has 2 nitrogen and oxygen atoms in total. The van der Waals surface area contributed by atoms with Gasteiger partial charge in [-0.05, 0) is 30.6 Å². The maximum absolute atomic E-state index is 5.45. The molecule has 0 heterocycles. The summed E-state index contributed by atoms with van der Waals surface area (Å²) >= 11 is 0. The Balaban J connectivity index is 2.53. The van der Waals surface area contributed by atoms with Gasteiger partial charge in [-0.2, -0.15) is 5.10 Å². The van der Waals surface area contributed by atoms with Crippen molar-refractivity contribution in [2.24, 2.45) is 22.3 Å². The van der Waals surface area contributed by atoms with Crippen LogP contribution in [0.4, 0.5) is 0 Å². The second-order valence-corrected chi connectivity index (χ2v) is 5.34. The number of rotatable bonds is 2. The van der Waals surface area contributed by atoms with Crippen LogP contribution in [0, 0.1) is 11.3 Å². The van der Waals surface area contributed by atoms with Crippen molar-refractivity contribution in [1.82, 2.24) is 0 Å². The molecule has 2 heteroatoms. The molecule has 0 amide bonds. The first-order valence-electron chi connectivity index (χ1n) is 5.29. The van der Waals surface area contributed by atoms with Gasteiger partial charge < -0.3 is 5.84 Å². The van der Waals surface area contributed by atoms with Gasteiger partial charge in [0.1, 0.15) is 0 Å². The molecular weight excluding hydrogens is 160 g/mol. The van der Waals surface area contributed by atoms with Crippen LogP contribution in [0.2, 0.25) is 0 Å². The summed E-state index contributed by atoms with van der Waals surface area (Å²) in [5, 5.41) is 3.97. The fraction of sp³-hybridized carbons (Fsp3) is 0.909. The Morgan fingerprint density at radius 3 is 2.23 bits per heavy atom. The van der Waals surface area contributed by atoms with Gasteiger partial charge in [-0.15, -0.1) is 0 Å². The first-order valence-corrected chi connectivity index (χ1v) is 5.29. The van der Waals surface area contributed by atoms with Crippen LogP contribution in [-0.2, 0) is 0 Å². The lowest BCUT2D eigenvalue weighted by molar-refractivity contribution is 0.424. The highest BCUT2D eigenvalue weighted by Gasteiger charge is 2.24. The van der Waals surface area contributed by atoms with Crippen molar-refractivity contribution in [3.05, 3.63) is 0 Å². The van der Waals surface area contributed by atoms with E-state index in [9.17, 15) is 0 Å². The molecule has 0 unspecified atom stereocenters. The Kier molecular flexibility index (Phi) is 3.34. The van der Waals surface area contributed by atoms with Gasteiger partial charge in [0.2, 0.25) is 0 Å². The standard InChI is InChI=1S/C11H22N2/c1-11(2,3)8-10(13-12)9-6-4-5-7-9/h9H,4-8,12H2,1-3H3/b13-10-. The monoisotopic (exact) mass is 182 g/mol. The van der Waals surface area contributed by atoms with Crippen LogP contribution >= 0.6 is 0 Å². The smallest absolute Gasteiger partial charge is 0.0412 e. The van der Waals surface area contributed by atoms with E-state index >= 15 is 0 Å². The maximum atomic E-state index is 5.45. The fourth-order valence-electron chi connectivity index (χ4n) is 2.10. The molecule has 1 aliphatic rings. The predicted octanol–water partition coefficient (Wildman–Crippen LogP) is 2.93. The minimum atomic E-state index is 0.320. The topological polar surface area (TPSA) is 38.4 Å². The summed E-state index contributed by atoms with van der Waals surface area (Å²) in [6, 6.07) is 0. The van der Waals surface area contributed by atoms with E-state index in [2.05, 4.69) is 25.9 Å². The second kappa shape index (κ2) is 4.12. The fourth-order valence-corrected chi connectivity index (χ4v) is 2.10. The summed E-state index contributed by atoms with van der Waals surface area (Å²) in [7, 11) is 0. The average Bonchev–Trinajstić information content (AvgIpc) is 2.50. The molecule has 0 atom stereocenters. The summed E-state index contributed by atoms with van der Waals surface area (Å²) < 4.78 is 0. The minimum Gasteiger partial charge on any atom is -0.323 e. The van der Waals surface area contributed by atoms with E-state index in [0.717, 1.165) is 6.42 Å². The Labute approximate surface area is 81.6 Å². The maximum Gasteiger partial charge on any atom is 0.0412 e. The molecule has 1 rings (SSSR count). The van der Waals surface area contributed by atoms with Crippen molar-refractivity contribution >= 4 is 5.71 Å². The van der Waals surface area contributed by atoms with Crippen molar-refractivity contribution in [3.8, 4) is 0 Å². The zero-order valence-electron chi connectivity index (χ0n) is 9.14. The SMILES string of the molecule is CC(C)(C)C/C(=N/N)C1CCCC1. The lowest BCUT2D eigenvalue weighted by Crippen LogP contribution is -2.20. The predicted molar refractivity (Wildman–Crippen MR) is 57.7 cm³/mol. The molecule has 0 aliphatic heterocycles. The summed E-state index contributed by atoms with van der Waals surface area (Å²) in [4.78, 5) is 0. The molecule has 0 spiro atoms. The van der Waals surface area contributed by atoms with Gasteiger partial charge in [0.05, 0.1) is 0 Å². The molecule has 13 heavy (non-hydrogen) atoms. The van der Waals surface area contributed by atoms with Gasteiger partial charge in [0.25, 0.3) is 0 Å². The third-order valence-electron chi connectivity index (χ3n) is 2.70. The van der Waals surface area contributed by atoms with E-state index in [1.165, 1.54) is 31.4 Å². The zero-order valence-corrected chi connectivity index (χ0v) is 9.14. The van der Waals surface area contributed by atoms with E-state index in [1.807, 2.05) is 0 Å². The summed E-state index contributed by atoms with van der Waals surface area (Å²) in [5.41, 5.74) is 1.56. The molecular formula is C11H22N2. The molecule has 0 aromatic rings. The molecule has 1 aliphatic carbocycles. The summed E-state index contributed by atoms with van der Waals surface area (Å²) in [6.07, 6.45) is 6.36. The Morgan fingerprint density at radius 1 is 1.31 bits per heavy atom. The van der Waals surface area contributed by atoms with Crippen molar-refractivity contribution in [2.75, 3.05) is 0 Å². The first kappa shape index (κ1) is 10.6. The number of hydrogen-bond donors (Lipinski definition) is 1. The van der Waals surface area contributed by atoms with Gasteiger partial charge in [-0.25, -0.2) is 0 Å². The van der Waals surface area contributed by atoms with Crippen molar-refractivity contribution < 1.29 is 0 Å². The Morgan fingerprint density at radius 2 is 1.85 bits per heavy atom. The Hall–Kier alpha value is -0.530. The summed E-state index contributed by atoms with van der Waals surface area (Å²) in [6.45, 7) is 6.73. The summed E-state index contributed by atoms with van der Waals surface area (Å²) in [5.74, 6) is 6.13. The van der Waals surface area contributed by atoms with E-state index in [0.29, 0.717) is 11.3 Å². The molecule has 0 aromatic heterocycles. The van der Waals surface area contributed by atoms with Crippen LogP contribution in [-0.4, -0.2) is 5.71 Å². The van der Waals surface area contributed by atoms with Gasteiger partial charge in [0, 0.05) is 5.71 Å². The number of hydrazone groups is 1. The van der Waals surface area contributed by atoms with Crippen LogP contribution in [0.5, 0.6) is 0 Å². The zero-order chi connectivity index (χ0) is 9.90. The quantitative estimate of drug-likeness (QED) is 0.398. The highest BCUT2D eigenvalue weighted by Crippen LogP contribution is 2.31. The lowest BCUT2D eigenvalue weighted by Gasteiger charge is -2.22. The molecule has 1 saturated carbocycles. The van der Waals surface area contributed by atoms with E-state index in [4.69, 9.17) is 5.84 Å². The molecule has 76 valence electrons. The highest BCUT2D eigenvalue weighted by atomic mass is 15.1.